The van der Waals surface area contributed by atoms with Crippen LogP contribution in [0.3, 0.4) is 0 Å². The predicted molar refractivity (Wildman–Crippen MR) is 61.3 cm³/mol. The van der Waals surface area contributed by atoms with Crippen molar-refractivity contribution < 1.29 is 19.0 Å². The minimum atomic E-state index is -1.06. The highest BCUT2D eigenvalue weighted by molar-refractivity contribution is 5.85. The second-order valence-electron chi connectivity index (χ2n) is 4.15. The molecule has 1 N–H and O–H groups in total. The van der Waals surface area contributed by atoms with Gasteiger partial charge in [0, 0.05) is 12.1 Å². The molecule has 1 aromatic carbocycles. The Hall–Kier alpha value is -1.84. The summed E-state index contributed by atoms with van der Waals surface area (Å²) in [5, 5.41) is 8.49. The molecule has 0 aliphatic heterocycles. The van der Waals surface area contributed by atoms with E-state index in [0.29, 0.717) is 23.8 Å². The van der Waals surface area contributed by atoms with Crippen molar-refractivity contribution in [3.8, 4) is 5.75 Å². The van der Waals surface area contributed by atoms with Gasteiger partial charge < -0.3 is 9.84 Å². The lowest BCUT2D eigenvalue weighted by atomic mass is 10.2. The second-order valence-corrected chi connectivity index (χ2v) is 4.15. The third-order valence-electron chi connectivity index (χ3n) is 2.49. The van der Waals surface area contributed by atoms with Crippen molar-refractivity contribution in [1.29, 1.82) is 0 Å². The maximum absolute atomic E-state index is 13.2. The van der Waals surface area contributed by atoms with Crippen molar-refractivity contribution in [2.24, 2.45) is 5.92 Å². The van der Waals surface area contributed by atoms with Gasteiger partial charge in [-0.1, -0.05) is 0 Å². The molecule has 17 heavy (non-hydrogen) atoms. The quantitative estimate of drug-likeness (QED) is 0.799. The molecular formula is C13H13FO3. The van der Waals surface area contributed by atoms with Crippen LogP contribution in [-0.4, -0.2) is 17.7 Å². The van der Waals surface area contributed by atoms with Crippen LogP contribution >= 0.6 is 0 Å². The molecule has 1 saturated carbocycles. The molecule has 0 aromatic heterocycles. The van der Waals surface area contributed by atoms with E-state index in [1.165, 1.54) is 31.1 Å². The summed E-state index contributed by atoms with van der Waals surface area (Å²) in [7, 11) is 0. The van der Waals surface area contributed by atoms with Crippen molar-refractivity contribution in [1.82, 2.24) is 0 Å². The van der Waals surface area contributed by atoms with E-state index < -0.39 is 11.8 Å². The third kappa shape index (κ3) is 3.90. The van der Waals surface area contributed by atoms with E-state index in [4.69, 9.17) is 9.84 Å². The van der Waals surface area contributed by atoms with Crippen LogP contribution in [0.25, 0.3) is 6.08 Å². The molecule has 0 amide bonds. The topological polar surface area (TPSA) is 46.5 Å². The molecule has 3 nitrogen and oxygen atoms in total. The lowest BCUT2D eigenvalue weighted by Gasteiger charge is -2.06. The first kappa shape index (κ1) is 11.6. The zero-order chi connectivity index (χ0) is 12.3. The largest absolute Gasteiger partial charge is 0.493 e. The standard InChI is InChI=1S/C13H13FO3/c14-11-5-10(3-4-13(15)16)6-12(7-11)17-8-9-1-2-9/h3-7,9H,1-2,8H2,(H,15,16)/b4-3+. The van der Waals surface area contributed by atoms with Crippen LogP contribution in [0, 0.1) is 11.7 Å². The average molecular weight is 236 g/mol. The van der Waals surface area contributed by atoms with Crippen molar-refractivity contribution >= 4 is 12.0 Å². The zero-order valence-electron chi connectivity index (χ0n) is 9.23. The molecule has 0 bridgehead atoms. The molecule has 2 rings (SSSR count). The maximum Gasteiger partial charge on any atom is 0.328 e. The van der Waals surface area contributed by atoms with Crippen LogP contribution < -0.4 is 4.74 Å². The fourth-order valence-electron chi connectivity index (χ4n) is 1.43. The number of carboxylic acid groups (broad SMARTS) is 1. The van der Waals surface area contributed by atoms with E-state index in [0.717, 1.165) is 6.08 Å². The number of hydrogen-bond acceptors (Lipinski definition) is 2. The Morgan fingerprint density at radius 2 is 2.24 bits per heavy atom. The minimum absolute atomic E-state index is 0.427. The van der Waals surface area contributed by atoms with Gasteiger partial charge in [-0.2, -0.15) is 0 Å². The third-order valence-corrected chi connectivity index (χ3v) is 2.49. The van der Waals surface area contributed by atoms with E-state index >= 15 is 0 Å². The number of hydrogen-bond donors (Lipinski definition) is 1. The molecule has 0 radical (unpaired) electrons. The summed E-state index contributed by atoms with van der Waals surface area (Å²) in [6, 6.07) is 4.20. The summed E-state index contributed by atoms with van der Waals surface area (Å²) in [6.45, 7) is 0.603. The van der Waals surface area contributed by atoms with Gasteiger partial charge >= 0.3 is 5.97 Å². The summed E-state index contributed by atoms with van der Waals surface area (Å²) in [5.41, 5.74) is 0.484. The van der Waals surface area contributed by atoms with Crippen LogP contribution in [-0.2, 0) is 4.79 Å². The van der Waals surface area contributed by atoms with Gasteiger partial charge in [0.15, 0.2) is 0 Å². The summed E-state index contributed by atoms with van der Waals surface area (Å²) in [5.74, 6) is -0.448. The van der Waals surface area contributed by atoms with Crippen molar-refractivity contribution in [3.63, 3.8) is 0 Å². The number of halogens is 1. The van der Waals surface area contributed by atoms with E-state index in [2.05, 4.69) is 0 Å². The van der Waals surface area contributed by atoms with Crippen LogP contribution in [0.1, 0.15) is 18.4 Å². The SMILES string of the molecule is O=C(O)/C=C/c1cc(F)cc(OCC2CC2)c1. The fraction of sp³-hybridized carbons (Fsp3) is 0.308. The number of ether oxygens (including phenoxy) is 1. The van der Waals surface area contributed by atoms with Crippen LogP contribution in [0.5, 0.6) is 5.75 Å². The second kappa shape index (κ2) is 4.99. The zero-order valence-corrected chi connectivity index (χ0v) is 9.23. The van der Waals surface area contributed by atoms with Gasteiger partial charge in [-0.3, -0.25) is 0 Å². The van der Waals surface area contributed by atoms with Gasteiger partial charge in [0.2, 0.25) is 0 Å². The Kier molecular flexibility index (Phi) is 3.42. The van der Waals surface area contributed by atoms with Gasteiger partial charge in [0.1, 0.15) is 11.6 Å². The lowest BCUT2D eigenvalue weighted by molar-refractivity contribution is -0.131. The molecule has 0 atom stereocenters. The predicted octanol–water partition coefficient (Wildman–Crippen LogP) is 2.71. The van der Waals surface area contributed by atoms with Gasteiger partial charge in [-0.05, 0) is 42.5 Å². The molecule has 90 valence electrons. The Bertz CT molecular complexity index is 450. The molecule has 1 aromatic rings. The normalized spacial score (nSPS) is 15.1. The Labute approximate surface area is 98.5 Å². The first-order chi connectivity index (χ1) is 8.13. The maximum atomic E-state index is 13.2. The molecule has 1 fully saturated rings. The number of carboxylic acids is 1. The van der Waals surface area contributed by atoms with Crippen LogP contribution in [0.2, 0.25) is 0 Å². The summed E-state index contributed by atoms with van der Waals surface area (Å²) >= 11 is 0. The highest BCUT2D eigenvalue weighted by Crippen LogP contribution is 2.30. The first-order valence-electron chi connectivity index (χ1n) is 5.48. The number of benzene rings is 1. The van der Waals surface area contributed by atoms with Crippen LogP contribution in [0.15, 0.2) is 24.3 Å². The van der Waals surface area contributed by atoms with Gasteiger partial charge in [-0.25, -0.2) is 9.18 Å². The van der Waals surface area contributed by atoms with Gasteiger partial charge in [-0.15, -0.1) is 0 Å². The minimum Gasteiger partial charge on any atom is -0.493 e. The summed E-state index contributed by atoms with van der Waals surface area (Å²) in [6.07, 6.45) is 4.65. The smallest absolute Gasteiger partial charge is 0.328 e. The lowest BCUT2D eigenvalue weighted by Crippen LogP contribution is -1.99. The molecule has 0 unspecified atom stereocenters. The fourth-order valence-corrected chi connectivity index (χ4v) is 1.43. The van der Waals surface area contributed by atoms with Crippen molar-refractivity contribution in [2.45, 2.75) is 12.8 Å². The van der Waals surface area contributed by atoms with Crippen LogP contribution in [0.4, 0.5) is 4.39 Å². The molecular weight excluding hydrogens is 223 g/mol. The summed E-state index contributed by atoms with van der Waals surface area (Å²) < 4.78 is 18.7. The van der Waals surface area contributed by atoms with Gasteiger partial charge in [0.25, 0.3) is 0 Å². The van der Waals surface area contributed by atoms with E-state index in [1.54, 1.807) is 6.07 Å². The van der Waals surface area contributed by atoms with E-state index in [9.17, 15) is 9.18 Å². The van der Waals surface area contributed by atoms with E-state index in [-0.39, 0.29) is 0 Å². The Morgan fingerprint density at radius 3 is 2.88 bits per heavy atom. The summed E-state index contributed by atoms with van der Waals surface area (Å²) in [4.78, 5) is 10.4. The van der Waals surface area contributed by atoms with Crippen molar-refractivity contribution in [2.75, 3.05) is 6.61 Å². The average Bonchev–Trinajstić information content (AvgIpc) is 3.07. The molecule has 1 aliphatic rings. The first-order valence-corrected chi connectivity index (χ1v) is 5.48. The van der Waals surface area contributed by atoms with E-state index in [1.807, 2.05) is 0 Å². The molecule has 4 heteroatoms. The van der Waals surface area contributed by atoms with Crippen molar-refractivity contribution in [3.05, 3.63) is 35.7 Å². The number of rotatable bonds is 5. The van der Waals surface area contributed by atoms with Gasteiger partial charge in [0.05, 0.1) is 6.61 Å². The monoisotopic (exact) mass is 236 g/mol. The molecule has 0 saturated heterocycles. The number of carbonyl (C=O) groups is 1. The number of aliphatic carboxylic acids is 1. The highest BCUT2D eigenvalue weighted by atomic mass is 19.1. The highest BCUT2D eigenvalue weighted by Gasteiger charge is 2.21. The Morgan fingerprint density at radius 1 is 1.47 bits per heavy atom. The molecule has 1 aliphatic carbocycles. The molecule has 0 heterocycles. The molecule has 0 spiro atoms. The Balaban J connectivity index is 2.07.